The van der Waals surface area contributed by atoms with Crippen molar-refractivity contribution in [3.63, 3.8) is 0 Å². The fraction of sp³-hybridized carbons (Fsp3) is 0.250. The Morgan fingerprint density at radius 2 is 1.61 bits per heavy atom. The van der Waals surface area contributed by atoms with Crippen molar-refractivity contribution >= 4 is 41.0 Å². The van der Waals surface area contributed by atoms with E-state index in [-0.39, 0.29) is 18.4 Å². The molecule has 1 aliphatic rings. The minimum absolute atomic E-state index is 0.196. The normalized spacial score (nSPS) is 15.5. The molecule has 0 bridgehead atoms. The first-order valence-electron chi connectivity index (χ1n) is 8.62. The van der Waals surface area contributed by atoms with Gasteiger partial charge in [-0.25, -0.2) is 4.79 Å². The third-order valence-electron chi connectivity index (χ3n) is 4.39. The van der Waals surface area contributed by atoms with Crippen LogP contribution in [0.5, 0.6) is 0 Å². The number of hydrogen-bond donors (Lipinski definition) is 2. The molecule has 0 aromatic heterocycles. The van der Waals surface area contributed by atoms with E-state index in [2.05, 4.69) is 10.6 Å². The maximum atomic E-state index is 12.2. The Kier molecular flexibility index (Phi) is 5.63. The minimum Gasteiger partial charge on any atom is -0.348 e. The van der Waals surface area contributed by atoms with Crippen molar-refractivity contribution in [2.45, 2.75) is 32.5 Å². The number of carbonyl (C=O) groups excluding carboxylic acids is 3. The molecule has 4 amide bonds. The van der Waals surface area contributed by atoms with Crippen molar-refractivity contribution in [1.29, 1.82) is 0 Å². The van der Waals surface area contributed by atoms with Gasteiger partial charge in [0.05, 0.1) is 6.54 Å². The summed E-state index contributed by atoms with van der Waals surface area (Å²) in [4.78, 5) is 37.6. The molecular weight excluding hydrogens is 401 g/mol. The van der Waals surface area contributed by atoms with E-state index in [0.29, 0.717) is 22.2 Å². The molecule has 0 radical (unpaired) electrons. The number of imide groups is 1. The van der Waals surface area contributed by atoms with Crippen LogP contribution in [-0.4, -0.2) is 28.3 Å². The molecule has 2 N–H and O–H groups in total. The molecule has 0 unspecified atom stereocenters. The van der Waals surface area contributed by atoms with Crippen LogP contribution < -0.4 is 10.6 Å². The first-order valence-corrected chi connectivity index (χ1v) is 9.37. The highest BCUT2D eigenvalue weighted by molar-refractivity contribution is 6.35. The van der Waals surface area contributed by atoms with Crippen LogP contribution in [0.2, 0.25) is 10.0 Å². The van der Waals surface area contributed by atoms with Crippen LogP contribution in [0.3, 0.4) is 0 Å². The lowest BCUT2D eigenvalue weighted by molar-refractivity contribution is -0.130. The average molecular weight is 420 g/mol. The van der Waals surface area contributed by atoms with Crippen LogP contribution in [0.15, 0.2) is 42.5 Å². The summed E-state index contributed by atoms with van der Waals surface area (Å²) >= 11 is 11.8. The fourth-order valence-electron chi connectivity index (χ4n) is 2.88. The zero-order chi connectivity index (χ0) is 20.5. The molecule has 2 aromatic rings. The van der Waals surface area contributed by atoms with E-state index in [1.807, 2.05) is 24.3 Å². The molecule has 0 aliphatic carbocycles. The molecule has 1 aliphatic heterocycles. The first kappa shape index (κ1) is 20.2. The highest BCUT2D eigenvalue weighted by Gasteiger charge is 2.43. The molecule has 1 heterocycles. The number of nitrogens with zero attached hydrogens (tertiary/aromatic N) is 1. The summed E-state index contributed by atoms with van der Waals surface area (Å²) in [6.45, 7) is 3.86. The van der Waals surface area contributed by atoms with E-state index in [9.17, 15) is 14.4 Å². The van der Waals surface area contributed by atoms with E-state index in [4.69, 9.17) is 23.2 Å². The van der Waals surface area contributed by atoms with Crippen LogP contribution in [-0.2, 0) is 17.9 Å². The third kappa shape index (κ3) is 4.46. The van der Waals surface area contributed by atoms with E-state index in [1.54, 1.807) is 32.0 Å². The average Bonchev–Trinajstić information content (AvgIpc) is 2.81. The van der Waals surface area contributed by atoms with Gasteiger partial charge in [-0.2, -0.15) is 0 Å². The summed E-state index contributed by atoms with van der Waals surface area (Å²) in [5, 5.41) is 6.24. The zero-order valence-corrected chi connectivity index (χ0v) is 16.9. The predicted molar refractivity (Wildman–Crippen MR) is 107 cm³/mol. The number of urea groups is 1. The van der Waals surface area contributed by atoms with Gasteiger partial charge < -0.3 is 10.6 Å². The largest absolute Gasteiger partial charge is 0.348 e. The van der Waals surface area contributed by atoms with Gasteiger partial charge in [-0.1, -0.05) is 47.5 Å². The second-order valence-electron chi connectivity index (χ2n) is 7.10. The maximum Gasteiger partial charge on any atom is 0.325 e. The predicted octanol–water partition coefficient (Wildman–Crippen LogP) is 3.75. The van der Waals surface area contributed by atoms with E-state index in [0.717, 1.165) is 11.1 Å². The van der Waals surface area contributed by atoms with Gasteiger partial charge in [-0.05, 0) is 43.2 Å². The summed E-state index contributed by atoms with van der Waals surface area (Å²) in [6, 6.07) is 11.6. The molecule has 3 rings (SSSR count). The number of hydrogen-bond acceptors (Lipinski definition) is 3. The highest BCUT2D eigenvalue weighted by Crippen LogP contribution is 2.20. The topological polar surface area (TPSA) is 78.5 Å². The number of nitrogens with one attached hydrogen (secondary N) is 2. The van der Waals surface area contributed by atoms with Crippen molar-refractivity contribution in [3.05, 3.63) is 69.2 Å². The third-order valence-corrected chi connectivity index (χ3v) is 4.82. The quantitative estimate of drug-likeness (QED) is 0.724. The second-order valence-corrected chi connectivity index (χ2v) is 7.98. The second kappa shape index (κ2) is 7.81. The standard InChI is InChI=1S/C20H19Cl2N3O3/c1-20(2)18(27)25(19(28)24-20)11-13-5-3-12(4-6-13)10-23-17(26)14-7-15(21)9-16(22)8-14/h3-9H,10-11H2,1-2H3,(H,23,26)(H,24,28). The van der Waals surface area contributed by atoms with Gasteiger partial charge in [-0.3, -0.25) is 14.5 Å². The number of carbonyl (C=O) groups is 3. The van der Waals surface area contributed by atoms with Gasteiger partial charge in [-0.15, -0.1) is 0 Å². The minimum atomic E-state index is -0.884. The van der Waals surface area contributed by atoms with Gasteiger partial charge in [0.1, 0.15) is 5.54 Å². The number of amides is 4. The Morgan fingerprint density at radius 3 is 2.14 bits per heavy atom. The lowest BCUT2D eigenvalue weighted by Gasteiger charge is -2.16. The molecule has 2 aromatic carbocycles. The molecule has 1 saturated heterocycles. The fourth-order valence-corrected chi connectivity index (χ4v) is 3.40. The molecule has 146 valence electrons. The SMILES string of the molecule is CC1(C)NC(=O)N(Cc2ccc(CNC(=O)c3cc(Cl)cc(Cl)c3)cc2)C1=O. The molecule has 0 saturated carbocycles. The highest BCUT2D eigenvalue weighted by atomic mass is 35.5. The van der Waals surface area contributed by atoms with Crippen molar-refractivity contribution in [3.8, 4) is 0 Å². The van der Waals surface area contributed by atoms with Gasteiger partial charge in [0.15, 0.2) is 0 Å². The molecular formula is C20H19Cl2N3O3. The van der Waals surface area contributed by atoms with Crippen molar-refractivity contribution in [2.75, 3.05) is 0 Å². The molecule has 1 fully saturated rings. The Balaban J connectivity index is 1.60. The van der Waals surface area contributed by atoms with Crippen LogP contribution in [0.4, 0.5) is 4.79 Å². The van der Waals surface area contributed by atoms with Gasteiger partial charge in [0, 0.05) is 22.2 Å². The number of halogens is 2. The monoisotopic (exact) mass is 419 g/mol. The van der Waals surface area contributed by atoms with E-state index < -0.39 is 11.6 Å². The smallest absolute Gasteiger partial charge is 0.325 e. The lowest BCUT2D eigenvalue weighted by Crippen LogP contribution is -2.40. The van der Waals surface area contributed by atoms with Crippen molar-refractivity contribution in [1.82, 2.24) is 15.5 Å². The first-order chi connectivity index (χ1) is 13.2. The Morgan fingerprint density at radius 1 is 1.04 bits per heavy atom. The van der Waals surface area contributed by atoms with Gasteiger partial charge in [0.25, 0.3) is 11.8 Å². The Labute approximate surface area is 172 Å². The molecule has 0 atom stereocenters. The lowest BCUT2D eigenvalue weighted by atomic mass is 10.1. The van der Waals surface area contributed by atoms with Crippen LogP contribution in [0.1, 0.15) is 35.3 Å². The van der Waals surface area contributed by atoms with Crippen LogP contribution >= 0.6 is 23.2 Å². The summed E-state index contributed by atoms with van der Waals surface area (Å²) in [6.07, 6.45) is 0. The summed E-state index contributed by atoms with van der Waals surface area (Å²) < 4.78 is 0. The van der Waals surface area contributed by atoms with Gasteiger partial charge >= 0.3 is 6.03 Å². The van der Waals surface area contributed by atoms with Crippen LogP contribution in [0, 0.1) is 0 Å². The van der Waals surface area contributed by atoms with Gasteiger partial charge in [0.2, 0.25) is 0 Å². The van der Waals surface area contributed by atoms with Crippen LogP contribution in [0.25, 0.3) is 0 Å². The maximum absolute atomic E-state index is 12.2. The van der Waals surface area contributed by atoms with E-state index >= 15 is 0 Å². The van der Waals surface area contributed by atoms with Crippen molar-refractivity contribution in [2.24, 2.45) is 0 Å². The zero-order valence-electron chi connectivity index (χ0n) is 15.4. The molecule has 8 heteroatoms. The Bertz CT molecular complexity index is 922. The Hall–Kier alpha value is -2.57. The summed E-state index contributed by atoms with van der Waals surface area (Å²) in [7, 11) is 0. The van der Waals surface area contributed by atoms with E-state index in [1.165, 1.54) is 4.90 Å². The van der Waals surface area contributed by atoms with Crippen molar-refractivity contribution < 1.29 is 14.4 Å². The summed E-state index contributed by atoms with van der Waals surface area (Å²) in [5.74, 6) is -0.538. The molecule has 0 spiro atoms. The molecule has 6 nitrogen and oxygen atoms in total. The number of rotatable bonds is 5. The summed E-state index contributed by atoms with van der Waals surface area (Å²) in [5.41, 5.74) is 1.20. The molecule has 28 heavy (non-hydrogen) atoms. The number of benzene rings is 2.